The molecule has 2 aromatic carbocycles. The van der Waals surface area contributed by atoms with Crippen LogP contribution in [0.1, 0.15) is 30.1 Å². The van der Waals surface area contributed by atoms with Crippen molar-refractivity contribution in [1.82, 2.24) is 9.88 Å². The van der Waals surface area contributed by atoms with E-state index in [0.717, 1.165) is 30.8 Å². The number of halogens is 1. The van der Waals surface area contributed by atoms with Crippen molar-refractivity contribution in [3.63, 3.8) is 0 Å². The summed E-state index contributed by atoms with van der Waals surface area (Å²) in [7, 11) is 1.69. The van der Waals surface area contributed by atoms with Crippen molar-refractivity contribution in [3.05, 3.63) is 71.9 Å². The van der Waals surface area contributed by atoms with Crippen LogP contribution in [0.2, 0.25) is 0 Å². The van der Waals surface area contributed by atoms with Crippen LogP contribution in [0.4, 0.5) is 4.39 Å². The fourth-order valence-corrected chi connectivity index (χ4v) is 3.58. The molecule has 0 amide bonds. The lowest BCUT2D eigenvalue weighted by atomic mass is 10.0. The number of oxazole rings is 1. The topological polar surface area (TPSA) is 38.5 Å². The van der Waals surface area contributed by atoms with Gasteiger partial charge in [0.25, 0.3) is 0 Å². The molecule has 0 radical (unpaired) electrons. The van der Waals surface area contributed by atoms with Crippen LogP contribution in [0.5, 0.6) is 5.75 Å². The molecule has 0 bridgehead atoms. The molecule has 0 aliphatic carbocycles. The van der Waals surface area contributed by atoms with E-state index in [1.54, 1.807) is 25.5 Å². The summed E-state index contributed by atoms with van der Waals surface area (Å²) in [4.78, 5) is 6.95. The highest BCUT2D eigenvalue weighted by atomic mass is 19.1. The number of rotatable bonds is 5. The third-order valence-electron chi connectivity index (χ3n) is 4.83. The fourth-order valence-electron chi connectivity index (χ4n) is 3.58. The lowest BCUT2D eigenvalue weighted by Crippen LogP contribution is -2.22. The predicted octanol–water partition coefficient (Wildman–Crippen LogP) is 4.83. The van der Waals surface area contributed by atoms with Crippen molar-refractivity contribution in [2.45, 2.75) is 25.4 Å². The summed E-state index contributed by atoms with van der Waals surface area (Å²) in [6.45, 7) is 1.73. The van der Waals surface area contributed by atoms with Crippen LogP contribution in [0, 0.1) is 5.82 Å². The van der Waals surface area contributed by atoms with Crippen molar-refractivity contribution < 1.29 is 13.5 Å². The molecule has 1 aromatic heterocycles. The second-order valence-corrected chi connectivity index (χ2v) is 6.56. The molecule has 1 fully saturated rings. The first-order valence-corrected chi connectivity index (χ1v) is 8.81. The Morgan fingerprint density at radius 3 is 2.96 bits per heavy atom. The zero-order chi connectivity index (χ0) is 17.9. The van der Waals surface area contributed by atoms with Crippen LogP contribution in [0.3, 0.4) is 0 Å². The first kappa shape index (κ1) is 16.8. The summed E-state index contributed by atoms with van der Waals surface area (Å²) in [5.74, 6) is 1.04. The Bertz CT molecular complexity index is 893. The number of ether oxygens (including phenoxy) is 1. The molecule has 2 heterocycles. The van der Waals surface area contributed by atoms with Crippen LogP contribution in [0.25, 0.3) is 11.5 Å². The average molecular weight is 352 g/mol. The molecule has 4 rings (SSSR count). The molecule has 0 N–H and O–H groups in total. The molecule has 0 spiro atoms. The first-order valence-electron chi connectivity index (χ1n) is 8.81. The molecule has 4 nitrogen and oxygen atoms in total. The van der Waals surface area contributed by atoms with E-state index in [2.05, 4.69) is 22.0 Å². The van der Waals surface area contributed by atoms with Gasteiger partial charge in [-0.2, -0.15) is 0 Å². The quantitative estimate of drug-likeness (QED) is 0.659. The van der Waals surface area contributed by atoms with Crippen molar-refractivity contribution in [3.8, 4) is 17.2 Å². The number of hydrogen-bond acceptors (Lipinski definition) is 4. The van der Waals surface area contributed by atoms with E-state index in [9.17, 15) is 4.39 Å². The fraction of sp³-hybridized carbons (Fsp3) is 0.286. The second-order valence-electron chi connectivity index (χ2n) is 6.56. The van der Waals surface area contributed by atoms with Crippen molar-refractivity contribution in [2.24, 2.45) is 0 Å². The van der Waals surface area contributed by atoms with Gasteiger partial charge < -0.3 is 9.15 Å². The Balaban J connectivity index is 1.51. The summed E-state index contributed by atoms with van der Waals surface area (Å²) < 4.78 is 24.3. The maximum absolute atomic E-state index is 13.4. The molecule has 26 heavy (non-hydrogen) atoms. The molecule has 1 aliphatic rings. The molecule has 5 heteroatoms. The summed E-state index contributed by atoms with van der Waals surface area (Å²) in [6, 6.07) is 14.9. The van der Waals surface area contributed by atoms with Crippen molar-refractivity contribution in [2.75, 3.05) is 13.7 Å². The molecule has 1 aliphatic heterocycles. The van der Waals surface area contributed by atoms with Gasteiger partial charge >= 0.3 is 0 Å². The Kier molecular flexibility index (Phi) is 4.71. The molecule has 0 saturated carbocycles. The number of aromatic nitrogens is 1. The summed E-state index contributed by atoms with van der Waals surface area (Å²) >= 11 is 0. The van der Waals surface area contributed by atoms with E-state index in [1.807, 2.05) is 12.1 Å². The van der Waals surface area contributed by atoms with E-state index in [1.165, 1.54) is 17.7 Å². The second kappa shape index (κ2) is 7.30. The van der Waals surface area contributed by atoms with E-state index in [4.69, 9.17) is 9.15 Å². The molecular formula is C21H21FN2O2. The van der Waals surface area contributed by atoms with Gasteiger partial charge in [-0.25, -0.2) is 9.37 Å². The smallest absolute Gasteiger partial charge is 0.226 e. The average Bonchev–Trinajstić information content (AvgIpc) is 3.32. The van der Waals surface area contributed by atoms with Gasteiger partial charge in [-0.05, 0) is 55.3 Å². The van der Waals surface area contributed by atoms with Crippen LogP contribution < -0.4 is 4.74 Å². The van der Waals surface area contributed by atoms with E-state index in [-0.39, 0.29) is 5.82 Å². The molecule has 134 valence electrons. The highest BCUT2D eigenvalue weighted by Gasteiger charge is 2.27. The number of likely N-dealkylation sites (tertiary alicyclic amines) is 1. The Morgan fingerprint density at radius 2 is 2.12 bits per heavy atom. The Morgan fingerprint density at radius 1 is 1.23 bits per heavy atom. The first-order chi connectivity index (χ1) is 12.7. The van der Waals surface area contributed by atoms with Crippen molar-refractivity contribution in [1.29, 1.82) is 0 Å². The van der Waals surface area contributed by atoms with Gasteiger partial charge in [-0.1, -0.05) is 18.2 Å². The number of methoxy groups -OCH3 is 1. The number of benzene rings is 2. The van der Waals surface area contributed by atoms with Crippen molar-refractivity contribution >= 4 is 0 Å². The lowest BCUT2D eigenvalue weighted by Gasteiger charge is -2.24. The third-order valence-corrected chi connectivity index (χ3v) is 4.83. The lowest BCUT2D eigenvalue weighted by molar-refractivity contribution is 0.245. The van der Waals surface area contributed by atoms with E-state index in [0.29, 0.717) is 24.0 Å². The monoisotopic (exact) mass is 352 g/mol. The highest BCUT2D eigenvalue weighted by Crippen LogP contribution is 2.34. The number of nitrogens with zero attached hydrogens (tertiary/aromatic N) is 2. The minimum absolute atomic E-state index is 0.292. The minimum Gasteiger partial charge on any atom is -0.497 e. The highest BCUT2D eigenvalue weighted by molar-refractivity contribution is 5.52. The maximum atomic E-state index is 13.4. The van der Waals surface area contributed by atoms with Crippen LogP contribution in [-0.4, -0.2) is 23.5 Å². The standard InChI is InChI=1S/C21H21FN2O2/c1-25-19-8-3-5-15(12-19)20-9-4-10-24(20)13-18-14-26-21(23-18)16-6-2-7-17(22)11-16/h2-3,5-8,11-12,14,20H,4,9-10,13H2,1H3. The van der Waals surface area contributed by atoms with Gasteiger partial charge in [0.15, 0.2) is 0 Å². The SMILES string of the molecule is COc1cccc(C2CCCN2Cc2coc(-c3cccc(F)c3)n2)c1. The largest absolute Gasteiger partial charge is 0.497 e. The van der Waals surface area contributed by atoms with Crippen LogP contribution in [-0.2, 0) is 6.54 Å². The number of hydrogen-bond donors (Lipinski definition) is 0. The van der Waals surface area contributed by atoms with Gasteiger partial charge in [0.1, 0.15) is 17.8 Å². The van der Waals surface area contributed by atoms with Gasteiger partial charge in [0.05, 0.1) is 12.8 Å². The summed E-state index contributed by atoms with van der Waals surface area (Å²) in [5.41, 5.74) is 2.77. The summed E-state index contributed by atoms with van der Waals surface area (Å²) in [6.07, 6.45) is 3.93. The normalized spacial score (nSPS) is 17.5. The van der Waals surface area contributed by atoms with Gasteiger partial charge in [-0.15, -0.1) is 0 Å². The molecule has 1 unspecified atom stereocenters. The molecule has 3 aromatic rings. The molecular weight excluding hydrogens is 331 g/mol. The Hall–Kier alpha value is -2.66. The Labute approximate surface area is 152 Å². The minimum atomic E-state index is -0.292. The van der Waals surface area contributed by atoms with Gasteiger partial charge in [0, 0.05) is 18.2 Å². The molecule has 1 saturated heterocycles. The maximum Gasteiger partial charge on any atom is 0.226 e. The van der Waals surface area contributed by atoms with Crippen LogP contribution in [0.15, 0.2) is 59.2 Å². The summed E-state index contributed by atoms with van der Waals surface area (Å²) in [5, 5.41) is 0. The van der Waals surface area contributed by atoms with Gasteiger partial charge in [-0.3, -0.25) is 4.90 Å². The zero-order valence-electron chi connectivity index (χ0n) is 14.7. The van der Waals surface area contributed by atoms with E-state index < -0.39 is 0 Å². The zero-order valence-corrected chi connectivity index (χ0v) is 14.7. The van der Waals surface area contributed by atoms with Gasteiger partial charge in [0.2, 0.25) is 5.89 Å². The predicted molar refractivity (Wildman–Crippen MR) is 97.3 cm³/mol. The third kappa shape index (κ3) is 3.48. The van der Waals surface area contributed by atoms with Crippen LogP contribution >= 0.6 is 0 Å². The molecule has 1 atom stereocenters. The van der Waals surface area contributed by atoms with E-state index >= 15 is 0 Å².